The number of carbonyl (C=O) groups excluding carboxylic acids is 4. The van der Waals surface area contributed by atoms with Gasteiger partial charge in [-0.3, -0.25) is 23.4 Å². The molecule has 3 N–H and O–H groups in total. The van der Waals surface area contributed by atoms with Crippen molar-refractivity contribution in [2.24, 2.45) is 17.8 Å². The van der Waals surface area contributed by atoms with E-state index in [4.69, 9.17) is 43.2 Å². The maximum Gasteiger partial charge on any atom is 0.510 e. The van der Waals surface area contributed by atoms with Crippen LogP contribution in [0.1, 0.15) is 79.5 Å². The Morgan fingerprint density at radius 2 is 1.62 bits per heavy atom. The summed E-state index contributed by atoms with van der Waals surface area (Å²) < 4.78 is 61.6. The average Bonchev–Trinajstić information content (AvgIpc) is 3.77. The van der Waals surface area contributed by atoms with Crippen molar-refractivity contribution < 1.29 is 61.2 Å². The number of carbonyl (C=O) groups is 4. The summed E-state index contributed by atoms with van der Waals surface area (Å²) in [4.78, 5) is 56.6. The van der Waals surface area contributed by atoms with Gasteiger partial charge < -0.3 is 34.2 Å². The molecule has 2 aromatic heterocycles. The molecule has 0 bridgehead atoms. The van der Waals surface area contributed by atoms with E-state index in [1.807, 2.05) is 13.8 Å². The first-order chi connectivity index (χ1) is 28.5. The lowest BCUT2D eigenvalue weighted by Crippen LogP contribution is -2.47. The van der Waals surface area contributed by atoms with Gasteiger partial charge in [0.05, 0.1) is 36.8 Å². The number of nitrogen functional groups attached to an aromatic ring is 1. The topological polar surface area (TPSA) is 251 Å². The number of esters is 3. The number of anilines is 1. The Morgan fingerprint density at radius 1 is 0.950 bits per heavy atom. The molecule has 328 valence electrons. The lowest BCUT2D eigenvalue weighted by molar-refractivity contribution is -0.173. The number of benzene rings is 1. The molecule has 1 fully saturated rings. The van der Waals surface area contributed by atoms with Gasteiger partial charge in [-0.05, 0) is 43.9 Å². The Morgan fingerprint density at radius 3 is 2.23 bits per heavy atom. The van der Waals surface area contributed by atoms with Gasteiger partial charge in [0, 0.05) is 0 Å². The van der Waals surface area contributed by atoms with Crippen LogP contribution < -0.4 is 10.8 Å². The van der Waals surface area contributed by atoms with Crippen LogP contribution >= 0.6 is 7.75 Å². The van der Waals surface area contributed by atoms with Crippen LogP contribution in [0, 0.1) is 29.1 Å². The number of rotatable bonds is 21. The van der Waals surface area contributed by atoms with Crippen molar-refractivity contribution >= 4 is 43.1 Å². The van der Waals surface area contributed by atoms with Gasteiger partial charge in [-0.15, -0.1) is 0 Å². The molecule has 6 atom stereocenters. The molecule has 4 rings (SSSR count). The molecule has 0 amide bonds. The zero-order chi connectivity index (χ0) is 44.2. The second-order valence-electron chi connectivity index (χ2n) is 15.0. The van der Waals surface area contributed by atoms with Gasteiger partial charge in [0.1, 0.15) is 30.1 Å². The molecular weight excluding hydrogens is 803 g/mol. The first kappa shape index (κ1) is 47.6. The predicted molar refractivity (Wildman–Crippen MR) is 213 cm³/mol. The van der Waals surface area contributed by atoms with E-state index in [2.05, 4.69) is 21.2 Å². The third kappa shape index (κ3) is 12.0. The number of hydrogen-bond acceptors (Lipinski definition) is 17. The maximum absolute atomic E-state index is 14.8. The number of ether oxygens (including phenoxy) is 6. The van der Waals surface area contributed by atoms with E-state index in [0.29, 0.717) is 5.56 Å². The maximum atomic E-state index is 14.8. The van der Waals surface area contributed by atoms with E-state index in [9.17, 15) is 29.0 Å². The van der Waals surface area contributed by atoms with E-state index in [-0.39, 0.29) is 36.0 Å². The smallest absolute Gasteiger partial charge is 0.464 e. The molecule has 1 aliphatic rings. The van der Waals surface area contributed by atoms with E-state index >= 15 is 0 Å². The normalized spacial score (nSPS) is 20.5. The fraction of sp³-hybridized carbons (Fsp3) is 0.575. The van der Waals surface area contributed by atoms with Gasteiger partial charge in [0.15, 0.2) is 18.0 Å². The summed E-state index contributed by atoms with van der Waals surface area (Å²) in [5.74, 6) is -3.56. The number of aromatic nitrogens is 3. The lowest BCUT2D eigenvalue weighted by Gasteiger charge is -2.29. The van der Waals surface area contributed by atoms with Crippen LogP contribution in [0.15, 0.2) is 48.8 Å². The van der Waals surface area contributed by atoms with Crippen LogP contribution in [0.25, 0.3) is 5.52 Å². The first-order valence-corrected chi connectivity index (χ1v) is 21.3. The van der Waals surface area contributed by atoms with Crippen LogP contribution in [-0.2, 0) is 68.4 Å². The lowest BCUT2D eigenvalue weighted by atomic mass is 9.92. The summed E-state index contributed by atoms with van der Waals surface area (Å²) in [6.07, 6.45) is -3.83. The highest BCUT2D eigenvalue weighted by Crippen LogP contribution is 2.48. The van der Waals surface area contributed by atoms with Crippen LogP contribution in [-0.4, -0.2) is 89.1 Å². The molecule has 0 unspecified atom stereocenters. The summed E-state index contributed by atoms with van der Waals surface area (Å²) >= 11 is 0. The van der Waals surface area contributed by atoms with Crippen molar-refractivity contribution in [3.8, 4) is 6.07 Å². The largest absolute Gasteiger partial charge is 0.510 e. The molecule has 1 saturated heterocycles. The molecule has 3 heterocycles. The fourth-order valence-electron chi connectivity index (χ4n) is 6.04. The fourth-order valence-corrected chi connectivity index (χ4v) is 7.37. The van der Waals surface area contributed by atoms with E-state index in [0.717, 1.165) is 19.2 Å². The van der Waals surface area contributed by atoms with Crippen molar-refractivity contribution in [3.63, 3.8) is 0 Å². The van der Waals surface area contributed by atoms with Crippen molar-refractivity contribution in [1.29, 1.82) is 5.26 Å². The number of nitrogens with one attached hydrogen (secondary N) is 1. The van der Waals surface area contributed by atoms with Crippen LogP contribution in [0.5, 0.6) is 0 Å². The quantitative estimate of drug-likeness (QED) is 0.0588. The monoisotopic (exact) mass is 858 g/mol. The Labute approximate surface area is 349 Å². The molecule has 0 spiro atoms. The number of nitriles is 1. The number of fused-ring (bicyclic) bond motifs is 1. The van der Waals surface area contributed by atoms with E-state index < -0.39 is 93.1 Å². The Bertz CT molecular complexity index is 2020. The highest BCUT2D eigenvalue weighted by Gasteiger charge is 2.63. The molecule has 1 aromatic carbocycles. The van der Waals surface area contributed by atoms with Crippen LogP contribution in [0.2, 0.25) is 0 Å². The summed E-state index contributed by atoms with van der Waals surface area (Å²) in [6.45, 7) is 11.7. The zero-order valence-corrected chi connectivity index (χ0v) is 36.0. The van der Waals surface area contributed by atoms with E-state index in [1.165, 1.54) is 16.6 Å². The van der Waals surface area contributed by atoms with Crippen molar-refractivity contribution in [1.82, 2.24) is 19.7 Å². The molecule has 60 heavy (non-hydrogen) atoms. The standard InChI is InChI=1S/C40H55N6O13P/c1-9-27(10-2)19-52-38(49)29(18-28-14-12-11-13-15-28)45-60(51,55-23-53-39(50)56-26(7)8)54-20-31-33(57-36(47)24(3)4)34(58-37(48)25(5)6)40(21-41,59-31)32-17-16-30-35(42)43-22-44-46(30)32/h11-17,22,24-27,29,31,33-34H,9-10,18-20,23H2,1-8H3,(H,45,51)(H2,42,43,44)/t29-,31+,33+,34+,40-,60+/m0/s1. The Balaban J connectivity index is 1.78. The molecule has 0 saturated carbocycles. The summed E-state index contributed by atoms with van der Waals surface area (Å²) in [5, 5.41) is 17.9. The molecule has 0 radical (unpaired) electrons. The minimum Gasteiger partial charge on any atom is -0.464 e. The molecule has 19 nitrogen and oxygen atoms in total. The number of nitrogens with two attached hydrogens (primary N) is 1. The van der Waals surface area contributed by atoms with Crippen molar-refractivity contribution in [2.75, 3.05) is 25.7 Å². The molecular formula is C40H55N6O13P. The zero-order valence-electron chi connectivity index (χ0n) is 35.1. The Hall–Kier alpha value is -5.12. The highest BCUT2D eigenvalue weighted by atomic mass is 31.2. The van der Waals surface area contributed by atoms with Gasteiger partial charge in [-0.25, -0.2) is 23.9 Å². The molecule has 1 aliphatic heterocycles. The predicted octanol–water partition coefficient (Wildman–Crippen LogP) is 5.41. The third-order valence-electron chi connectivity index (χ3n) is 9.51. The van der Waals surface area contributed by atoms with Crippen molar-refractivity contribution in [3.05, 3.63) is 60.0 Å². The summed E-state index contributed by atoms with van der Waals surface area (Å²) in [7, 11) is -4.81. The van der Waals surface area contributed by atoms with Gasteiger partial charge >= 0.3 is 31.8 Å². The minimum absolute atomic E-state index is 0.0292. The van der Waals surface area contributed by atoms with E-state index in [1.54, 1.807) is 71.9 Å². The first-order valence-electron chi connectivity index (χ1n) is 19.8. The average molecular weight is 859 g/mol. The molecule has 0 aliphatic carbocycles. The van der Waals surface area contributed by atoms with Gasteiger partial charge in [0.2, 0.25) is 12.4 Å². The van der Waals surface area contributed by atoms with Crippen LogP contribution in [0.4, 0.5) is 10.6 Å². The highest BCUT2D eigenvalue weighted by molar-refractivity contribution is 7.51. The minimum atomic E-state index is -4.81. The Kier molecular flexibility index (Phi) is 17.0. The van der Waals surface area contributed by atoms with Gasteiger partial charge in [-0.2, -0.15) is 10.4 Å². The number of hydrogen-bond donors (Lipinski definition) is 2. The second-order valence-corrected chi connectivity index (χ2v) is 16.8. The van der Waals surface area contributed by atoms with Gasteiger partial charge in [-0.1, -0.05) is 84.7 Å². The third-order valence-corrected chi connectivity index (χ3v) is 11.1. The second kappa shape index (κ2) is 21.4. The SMILES string of the molecule is CCC(CC)COC(=O)[C@H](Cc1ccccc1)N[P@](=O)(OCOC(=O)OC(C)C)OC[C@H]1O[C@@](C#N)(c2ccc3c(N)ncnn23)[C@H](OC(=O)C(C)C)[C@@H]1OC(=O)C(C)C. The molecule has 3 aromatic rings. The summed E-state index contributed by atoms with van der Waals surface area (Å²) in [6, 6.07) is 12.6. The van der Waals surface area contributed by atoms with Gasteiger partial charge in [0.25, 0.3) is 0 Å². The molecule has 20 heteroatoms. The number of nitrogens with zero attached hydrogens (tertiary/aromatic N) is 4. The summed E-state index contributed by atoms with van der Waals surface area (Å²) in [5.41, 5.74) is 4.83. The van der Waals surface area contributed by atoms with Crippen molar-refractivity contribution in [2.45, 2.75) is 111 Å². The van der Waals surface area contributed by atoms with Crippen LogP contribution in [0.3, 0.4) is 0 Å².